The Morgan fingerprint density at radius 1 is 1.05 bits per heavy atom. The lowest BCUT2D eigenvalue weighted by molar-refractivity contribution is 0.0643. The molecule has 3 nitrogen and oxygen atoms in total. The zero-order valence-corrected chi connectivity index (χ0v) is 12.1. The first-order valence-corrected chi connectivity index (χ1v) is 6.93. The van der Waals surface area contributed by atoms with E-state index in [1.165, 1.54) is 11.5 Å². The van der Waals surface area contributed by atoms with Crippen molar-refractivity contribution in [1.29, 1.82) is 0 Å². The van der Waals surface area contributed by atoms with Crippen LogP contribution in [0.2, 0.25) is 0 Å². The minimum Gasteiger partial charge on any atom is -0.336 e. The summed E-state index contributed by atoms with van der Waals surface area (Å²) in [7, 11) is 0. The van der Waals surface area contributed by atoms with Gasteiger partial charge in [-0.05, 0) is 25.0 Å². The van der Waals surface area contributed by atoms with Crippen LogP contribution >= 0.6 is 0 Å². The van der Waals surface area contributed by atoms with Crippen molar-refractivity contribution < 1.29 is 4.79 Å². The Kier molecular flexibility index (Phi) is 4.59. The second kappa shape index (κ2) is 6.20. The molecule has 2 rings (SSSR count). The number of carbonyl (C=O) groups is 1. The lowest BCUT2D eigenvalue weighted by Crippen LogP contribution is -2.49. The predicted octanol–water partition coefficient (Wildman–Crippen LogP) is 2.37. The molecule has 0 aromatic heterocycles. The number of benzene rings is 1. The molecule has 0 N–H and O–H groups in total. The third-order valence-corrected chi connectivity index (χ3v) is 3.50. The van der Waals surface area contributed by atoms with Crippen LogP contribution < -0.4 is 0 Å². The van der Waals surface area contributed by atoms with Crippen LogP contribution in [0.5, 0.6) is 0 Å². The quantitative estimate of drug-likeness (QED) is 0.832. The van der Waals surface area contributed by atoms with Gasteiger partial charge in [-0.1, -0.05) is 31.5 Å². The molecule has 1 radical (unpaired) electrons. The van der Waals surface area contributed by atoms with Gasteiger partial charge >= 0.3 is 0 Å². The van der Waals surface area contributed by atoms with E-state index in [4.69, 9.17) is 0 Å². The number of aryl methyl sites for hydroxylation is 1. The number of amides is 1. The molecule has 19 heavy (non-hydrogen) atoms. The summed E-state index contributed by atoms with van der Waals surface area (Å²) in [5.74, 6) is 1.59. The largest absolute Gasteiger partial charge is 0.336 e. The van der Waals surface area contributed by atoms with Crippen molar-refractivity contribution in [2.45, 2.75) is 20.8 Å². The molecule has 0 bridgehead atoms. The Bertz CT molecular complexity index is 417. The molecule has 1 aliphatic rings. The summed E-state index contributed by atoms with van der Waals surface area (Å²) in [4.78, 5) is 16.7. The highest BCUT2D eigenvalue weighted by Crippen LogP contribution is 2.11. The van der Waals surface area contributed by atoms with E-state index in [1.807, 2.05) is 36.1 Å². The number of nitrogens with zero attached hydrogens (tertiary/aromatic N) is 2. The van der Waals surface area contributed by atoms with Gasteiger partial charge in [0, 0.05) is 38.3 Å². The maximum atomic E-state index is 12.3. The monoisotopic (exact) mass is 259 g/mol. The van der Waals surface area contributed by atoms with Gasteiger partial charge in [0.1, 0.15) is 0 Å². The SMILES string of the molecule is C[C](C)CN1CCN(C(=O)c2ccc(C)cc2)CC1. The van der Waals surface area contributed by atoms with Gasteiger partial charge in [0.05, 0.1) is 0 Å². The van der Waals surface area contributed by atoms with Crippen molar-refractivity contribution in [3.8, 4) is 0 Å². The minimum atomic E-state index is 0.164. The van der Waals surface area contributed by atoms with Crippen LogP contribution in [-0.2, 0) is 0 Å². The molecule has 1 aromatic rings. The second-order valence-electron chi connectivity index (χ2n) is 5.64. The van der Waals surface area contributed by atoms with Gasteiger partial charge in [0.25, 0.3) is 5.91 Å². The number of hydrogen-bond acceptors (Lipinski definition) is 2. The maximum Gasteiger partial charge on any atom is 0.253 e. The fourth-order valence-corrected chi connectivity index (χ4v) is 2.44. The fraction of sp³-hybridized carbons (Fsp3) is 0.500. The Balaban J connectivity index is 1.90. The number of carbonyl (C=O) groups excluding carboxylic acids is 1. The molecule has 0 saturated carbocycles. The van der Waals surface area contributed by atoms with E-state index in [0.717, 1.165) is 38.3 Å². The number of rotatable bonds is 3. The normalized spacial score (nSPS) is 16.9. The van der Waals surface area contributed by atoms with E-state index >= 15 is 0 Å². The summed E-state index contributed by atoms with van der Waals surface area (Å²) < 4.78 is 0. The average molecular weight is 259 g/mol. The minimum absolute atomic E-state index is 0.164. The van der Waals surface area contributed by atoms with Crippen LogP contribution in [-0.4, -0.2) is 48.4 Å². The zero-order chi connectivity index (χ0) is 13.8. The van der Waals surface area contributed by atoms with Crippen molar-refractivity contribution in [1.82, 2.24) is 9.80 Å². The van der Waals surface area contributed by atoms with Crippen molar-refractivity contribution in [3.05, 3.63) is 41.3 Å². The van der Waals surface area contributed by atoms with Gasteiger partial charge in [-0.15, -0.1) is 0 Å². The number of piperazine rings is 1. The van der Waals surface area contributed by atoms with E-state index in [1.54, 1.807) is 0 Å². The molecule has 1 aromatic carbocycles. The Labute approximate surface area is 116 Å². The van der Waals surface area contributed by atoms with Gasteiger partial charge in [-0.3, -0.25) is 9.69 Å². The highest BCUT2D eigenvalue weighted by atomic mass is 16.2. The first-order valence-electron chi connectivity index (χ1n) is 6.93. The van der Waals surface area contributed by atoms with Crippen molar-refractivity contribution in [3.63, 3.8) is 0 Å². The molecule has 1 aliphatic heterocycles. The highest BCUT2D eigenvalue weighted by Gasteiger charge is 2.22. The van der Waals surface area contributed by atoms with Crippen LogP contribution in [0.3, 0.4) is 0 Å². The molecule has 0 atom stereocenters. The third kappa shape index (κ3) is 3.80. The topological polar surface area (TPSA) is 23.6 Å². The molecule has 0 spiro atoms. The zero-order valence-electron chi connectivity index (χ0n) is 12.1. The summed E-state index contributed by atoms with van der Waals surface area (Å²) in [5.41, 5.74) is 1.99. The van der Waals surface area contributed by atoms with Crippen LogP contribution in [0.25, 0.3) is 0 Å². The fourth-order valence-electron chi connectivity index (χ4n) is 2.44. The van der Waals surface area contributed by atoms with Gasteiger partial charge < -0.3 is 4.90 Å². The summed E-state index contributed by atoms with van der Waals surface area (Å²) in [6, 6.07) is 7.85. The highest BCUT2D eigenvalue weighted by molar-refractivity contribution is 5.94. The third-order valence-electron chi connectivity index (χ3n) is 3.50. The Hall–Kier alpha value is -1.35. The number of hydrogen-bond donors (Lipinski definition) is 0. The van der Waals surface area contributed by atoms with E-state index in [-0.39, 0.29) is 5.91 Å². The van der Waals surface area contributed by atoms with E-state index in [2.05, 4.69) is 18.7 Å². The Morgan fingerprint density at radius 3 is 2.16 bits per heavy atom. The van der Waals surface area contributed by atoms with Crippen LogP contribution in [0.1, 0.15) is 29.8 Å². The van der Waals surface area contributed by atoms with Gasteiger partial charge in [-0.25, -0.2) is 0 Å². The average Bonchev–Trinajstić information content (AvgIpc) is 2.39. The van der Waals surface area contributed by atoms with Crippen LogP contribution in [0.15, 0.2) is 24.3 Å². The molecule has 0 unspecified atom stereocenters. The first-order chi connectivity index (χ1) is 9.06. The van der Waals surface area contributed by atoms with Crippen molar-refractivity contribution in [2.24, 2.45) is 0 Å². The molecular formula is C16H23N2O. The summed E-state index contributed by atoms with van der Waals surface area (Å²) in [5, 5.41) is 0. The molecule has 1 heterocycles. The van der Waals surface area contributed by atoms with Gasteiger partial charge in [0.15, 0.2) is 0 Å². The van der Waals surface area contributed by atoms with Crippen LogP contribution in [0, 0.1) is 12.8 Å². The predicted molar refractivity (Wildman–Crippen MR) is 78.1 cm³/mol. The van der Waals surface area contributed by atoms with Gasteiger partial charge in [0.2, 0.25) is 0 Å². The molecular weight excluding hydrogens is 236 g/mol. The summed E-state index contributed by atoms with van der Waals surface area (Å²) in [6.07, 6.45) is 0. The van der Waals surface area contributed by atoms with E-state index < -0.39 is 0 Å². The van der Waals surface area contributed by atoms with Crippen molar-refractivity contribution >= 4 is 5.91 Å². The molecule has 1 saturated heterocycles. The van der Waals surface area contributed by atoms with Crippen LogP contribution in [0.4, 0.5) is 0 Å². The standard InChI is InChI=1S/C16H23N2O/c1-13(2)12-17-8-10-18(11-9-17)16(19)15-6-4-14(3)5-7-15/h4-7H,8-12H2,1-3H3. The lowest BCUT2D eigenvalue weighted by Gasteiger charge is -2.35. The molecule has 3 heteroatoms. The lowest BCUT2D eigenvalue weighted by atomic mass is 10.1. The molecule has 1 fully saturated rings. The van der Waals surface area contributed by atoms with E-state index in [0.29, 0.717) is 0 Å². The summed E-state index contributed by atoms with van der Waals surface area (Å²) >= 11 is 0. The van der Waals surface area contributed by atoms with Gasteiger partial charge in [-0.2, -0.15) is 0 Å². The molecule has 103 valence electrons. The smallest absolute Gasteiger partial charge is 0.253 e. The van der Waals surface area contributed by atoms with Crippen molar-refractivity contribution in [2.75, 3.05) is 32.7 Å². The molecule has 1 amide bonds. The maximum absolute atomic E-state index is 12.3. The summed E-state index contributed by atoms with van der Waals surface area (Å²) in [6.45, 7) is 11.0. The Morgan fingerprint density at radius 2 is 1.63 bits per heavy atom. The van der Waals surface area contributed by atoms with E-state index in [9.17, 15) is 4.79 Å². The molecule has 0 aliphatic carbocycles. The first kappa shape index (κ1) is 14.1. The second-order valence-corrected chi connectivity index (χ2v) is 5.64.